The molecule has 110 valence electrons. The molecule has 0 unspecified atom stereocenters. The number of carbonyl (C=O) groups excluding carboxylic acids is 1. The molecular formula is C13H17NO5S. The lowest BCUT2D eigenvalue weighted by Crippen LogP contribution is -2.31. The van der Waals surface area contributed by atoms with Crippen molar-refractivity contribution < 1.29 is 22.7 Å². The zero-order valence-electron chi connectivity index (χ0n) is 11.2. The van der Waals surface area contributed by atoms with Gasteiger partial charge in [0, 0.05) is 13.2 Å². The summed E-state index contributed by atoms with van der Waals surface area (Å²) in [6, 6.07) is 5.60. The quantitative estimate of drug-likeness (QED) is 0.818. The SMILES string of the molecule is COC(=O)c1ccc(S(=O)(=O)NC[C@H]2CCCO2)cc1. The lowest BCUT2D eigenvalue weighted by molar-refractivity contribution is 0.0600. The number of sulfonamides is 1. The van der Waals surface area contributed by atoms with E-state index in [0.29, 0.717) is 12.2 Å². The van der Waals surface area contributed by atoms with Gasteiger partial charge in [0.1, 0.15) is 0 Å². The van der Waals surface area contributed by atoms with Crippen LogP contribution in [0.2, 0.25) is 0 Å². The van der Waals surface area contributed by atoms with Gasteiger partial charge < -0.3 is 9.47 Å². The molecule has 1 heterocycles. The maximum Gasteiger partial charge on any atom is 0.337 e. The number of hydrogen-bond donors (Lipinski definition) is 1. The molecule has 1 aromatic carbocycles. The molecule has 1 aliphatic rings. The lowest BCUT2D eigenvalue weighted by atomic mass is 10.2. The minimum Gasteiger partial charge on any atom is -0.465 e. The standard InChI is InChI=1S/C13H17NO5S/c1-18-13(15)10-4-6-12(7-5-10)20(16,17)14-9-11-3-2-8-19-11/h4-7,11,14H,2-3,8-9H2,1H3/t11-/m1/s1. The van der Waals surface area contributed by atoms with Gasteiger partial charge in [-0.25, -0.2) is 17.9 Å². The molecule has 1 N–H and O–H groups in total. The van der Waals surface area contributed by atoms with Gasteiger partial charge in [0.2, 0.25) is 10.0 Å². The first-order valence-corrected chi connectivity index (χ1v) is 7.81. The lowest BCUT2D eigenvalue weighted by Gasteiger charge is -2.11. The molecule has 0 bridgehead atoms. The maximum atomic E-state index is 12.1. The molecule has 0 spiro atoms. The first-order chi connectivity index (χ1) is 9.53. The van der Waals surface area contributed by atoms with Crippen LogP contribution in [0, 0.1) is 0 Å². The van der Waals surface area contributed by atoms with Crippen LogP contribution >= 0.6 is 0 Å². The fraction of sp³-hybridized carbons (Fsp3) is 0.462. The van der Waals surface area contributed by atoms with Crippen molar-refractivity contribution >= 4 is 16.0 Å². The maximum absolute atomic E-state index is 12.1. The van der Waals surface area contributed by atoms with Gasteiger partial charge in [-0.3, -0.25) is 0 Å². The normalized spacial score (nSPS) is 18.9. The monoisotopic (exact) mass is 299 g/mol. The van der Waals surface area contributed by atoms with Crippen molar-refractivity contribution in [1.82, 2.24) is 4.72 Å². The van der Waals surface area contributed by atoms with Gasteiger partial charge in [-0.05, 0) is 37.1 Å². The van der Waals surface area contributed by atoms with E-state index in [0.717, 1.165) is 12.8 Å². The fourth-order valence-electron chi connectivity index (χ4n) is 1.98. The van der Waals surface area contributed by atoms with E-state index in [2.05, 4.69) is 9.46 Å². The third kappa shape index (κ3) is 3.56. The Bertz CT molecular complexity index is 561. The highest BCUT2D eigenvalue weighted by atomic mass is 32.2. The van der Waals surface area contributed by atoms with Crippen LogP contribution in [-0.2, 0) is 19.5 Å². The Balaban J connectivity index is 2.03. The molecule has 1 atom stereocenters. The minimum atomic E-state index is -3.58. The van der Waals surface area contributed by atoms with Crippen LogP contribution < -0.4 is 4.72 Å². The Labute approximate surface area is 118 Å². The van der Waals surface area contributed by atoms with E-state index in [1.54, 1.807) is 0 Å². The molecule has 7 heteroatoms. The van der Waals surface area contributed by atoms with E-state index in [4.69, 9.17) is 4.74 Å². The van der Waals surface area contributed by atoms with Crippen LogP contribution in [0.1, 0.15) is 23.2 Å². The van der Waals surface area contributed by atoms with Crippen LogP contribution in [-0.4, -0.2) is 40.8 Å². The van der Waals surface area contributed by atoms with Gasteiger partial charge in [-0.2, -0.15) is 0 Å². The average molecular weight is 299 g/mol. The Kier molecular flexibility index (Phi) is 4.74. The summed E-state index contributed by atoms with van der Waals surface area (Å²) >= 11 is 0. The highest BCUT2D eigenvalue weighted by molar-refractivity contribution is 7.89. The molecule has 1 aromatic rings. The van der Waals surface area contributed by atoms with Gasteiger partial charge in [0.15, 0.2) is 0 Å². The minimum absolute atomic E-state index is 0.0564. The third-order valence-electron chi connectivity index (χ3n) is 3.11. The number of methoxy groups -OCH3 is 1. The van der Waals surface area contributed by atoms with Gasteiger partial charge >= 0.3 is 5.97 Å². The van der Waals surface area contributed by atoms with E-state index >= 15 is 0 Å². The van der Waals surface area contributed by atoms with Gasteiger partial charge in [0.25, 0.3) is 0 Å². The zero-order valence-corrected chi connectivity index (χ0v) is 12.0. The van der Waals surface area contributed by atoms with Crippen LogP contribution in [0.25, 0.3) is 0 Å². The van der Waals surface area contributed by atoms with E-state index in [-0.39, 0.29) is 17.5 Å². The number of carbonyl (C=O) groups is 1. The predicted octanol–water partition coefficient (Wildman–Crippen LogP) is 0.930. The molecule has 0 aromatic heterocycles. The van der Waals surface area contributed by atoms with Crippen molar-refractivity contribution in [3.05, 3.63) is 29.8 Å². The van der Waals surface area contributed by atoms with Gasteiger partial charge in [-0.1, -0.05) is 0 Å². The molecule has 0 saturated carbocycles. The molecule has 1 saturated heterocycles. The summed E-state index contributed by atoms with van der Waals surface area (Å²) in [4.78, 5) is 11.4. The average Bonchev–Trinajstić information content (AvgIpc) is 2.98. The van der Waals surface area contributed by atoms with Crippen molar-refractivity contribution in [2.45, 2.75) is 23.8 Å². The molecule has 0 radical (unpaired) electrons. The molecule has 6 nitrogen and oxygen atoms in total. The van der Waals surface area contributed by atoms with Gasteiger partial charge in [0.05, 0.1) is 23.7 Å². The number of benzene rings is 1. The summed E-state index contributed by atoms with van der Waals surface area (Å²) in [7, 11) is -2.31. The number of hydrogen-bond acceptors (Lipinski definition) is 5. The second kappa shape index (κ2) is 6.34. The molecule has 0 amide bonds. The summed E-state index contributed by atoms with van der Waals surface area (Å²) in [6.45, 7) is 0.946. The molecule has 0 aliphatic carbocycles. The highest BCUT2D eigenvalue weighted by Gasteiger charge is 2.20. The van der Waals surface area contributed by atoms with Crippen molar-refractivity contribution in [3.63, 3.8) is 0 Å². The Morgan fingerprint density at radius 2 is 2.10 bits per heavy atom. The molecule has 1 fully saturated rings. The third-order valence-corrected chi connectivity index (χ3v) is 4.55. The number of ether oxygens (including phenoxy) is 2. The van der Waals surface area contributed by atoms with Crippen molar-refractivity contribution in [2.24, 2.45) is 0 Å². The van der Waals surface area contributed by atoms with E-state index < -0.39 is 16.0 Å². The first-order valence-electron chi connectivity index (χ1n) is 6.32. The van der Waals surface area contributed by atoms with Crippen molar-refractivity contribution in [1.29, 1.82) is 0 Å². The Morgan fingerprint density at radius 1 is 1.40 bits per heavy atom. The number of nitrogens with one attached hydrogen (secondary N) is 1. The van der Waals surface area contributed by atoms with E-state index in [1.165, 1.54) is 31.4 Å². The fourth-order valence-corrected chi connectivity index (χ4v) is 3.05. The molecular weight excluding hydrogens is 282 g/mol. The Hall–Kier alpha value is -1.44. The van der Waals surface area contributed by atoms with Crippen molar-refractivity contribution in [2.75, 3.05) is 20.3 Å². The van der Waals surface area contributed by atoms with Crippen molar-refractivity contribution in [3.8, 4) is 0 Å². The second-order valence-electron chi connectivity index (χ2n) is 4.50. The predicted molar refractivity (Wildman–Crippen MR) is 71.9 cm³/mol. The van der Waals surface area contributed by atoms with E-state index in [1.807, 2.05) is 0 Å². The molecule has 20 heavy (non-hydrogen) atoms. The molecule has 1 aliphatic heterocycles. The van der Waals surface area contributed by atoms with Crippen LogP contribution in [0.5, 0.6) is 0 Å². The smallest absolute Gasteiger partial charge is 0.337 e. The summed E-state index contributed by atoms with van der Waals surface area (Å²) < 4.78 is 36.5. The van der Waals surface area contributed by atoms with Gasteiger partial charge in [-0.15, -0.1) is 0 Å². The first kappa shape index (κ1) is 15.0. The van der Waals surface area contributed by atoms with Crippen LogP contribution in [0.3, 0.4) is 0 Å². The highest BCUT2D eigenvalue weighted by Crippen LogP contribution is 2.14. The summed E-state index contributed by atoms with van der Waals surface area (Å²) in [5.74, 6) is -0.499. The molecule has 2 rings (SSSR count). The number of esters is 1. The Morgan fingerprint density at radius 3 is 2.65 bits per heavy atom. The number of rotatable bonds is 5. The van der Waals surface area contributed by atoms with E-state index in [9.17, 15) is 13.2 Å². The van der Waals surface area contributed by atoms with Crippen LogP contribution in [0.15, 0.2) is 29.2 Å². The summed E-state index contributed by atoms with van der Waals surface area (Å²) in [5.41, 5.74) is 0.311. The topological polar surface area (TPSA) is 81.7 Å². The second-order valence-corrected chi connectivity index (χ2v) is 6.27. The largest absolute Gasteiger partial charge is 0.465 e. The zero-order chi connectivity index (χ0) is 14.6. The summed E-state index contributed by atoms with van der Waals surface area (Å²) in [5, 5.41) is 0. The summed E-state index contributed by atoms with van der Waals surface area (Å²) in [6.07, 6.45) is 1.77. The van der Waals surface area contributed by atoms with Crippen LogP contribution in [0.4, 0.5) is 0 Å².